The summed E-state index contributed by atoms with van der Waals surface area (Å²) in [6.07, 6.45) is 1.62. The van der Waals surface area contributed by atoms with E-state index in [0.29, 0.717) is 0 Å². The lowest BCUT2D eigenvalue weighted by Crippen LogP contribution is -2.48. The van der Waals surface area contributed by atoms with Crippen molar-refractivity contribution in [1.82, 2.24) is 4.72 Å². The Morgan fingerprint density at radius 3 is 2.00 bits per heavy atom. The summed E-state index contributed by atoms with van der Waals surface area (Å²) in [5.74, 6) is 0. The molecule has 0 spiro atoms. The number of rotatable bonds is 4. The summed E-state index contributed by atoms with van der Waals surface area (Å²) >= 11 is 0. The van der Waals surface area contributed by atoms with Crippen molar-refractivity contribution in [2.75, 3.05) is 0 Å². The first-order valence-corrected chi connectivity index (χ1v) is 7.33. The van der Waals surface area contributed by atoms with Crippen LogP contribution < -0.4 is 4.72 Å². The van der Waals surface area contributed by atoms with Crippen LogP contribution in [0.2, 0.25) is 0 Å². The third-order valence-electron chi connectivity index (χ3n) is 2.93. The monoisotopic (exact) mass is 267 g/mol. The lowest BCUT2D eigenvalue weighted by atomic mass is 9.94. The maximum atomic E-state index is 12.2. The van der Waals surface area contributed by atoms with Crippen molar-refractivity contribution in [1.29, 1.82) is 0 Å². The number of benzene rings is 1. The smallest absolute Gasteiger partial charge is 0.212 e. The molecule has 1 aromatic rings. The second kappa shape index (κ2) is 4.86. The first-order chi connectivity index (χ1) is 8.12. The predicted octanol–water partition coefficient (Wildman–Crippen LogP) is 2.81. The third kappa shape index (κ3) is 3.00. The van der Waals surface area contributed by atoms with Gasteiger partial charge in [0.1, 0.15) is 0 Å². The van der Waals surface area contributed by atoms with Gasteiger partial charge in [-0.2, -0.15) is 0 Å². The first-order valence-electron chi connectivity index (χ1n) is 5.85. The Morgan fingerprint density at radius 2 is 1.61 bits per heavy atom. The molecule has 1 aromatic carbocycles. The molecule has 3 nitrogen and oxygen atoms in total. The van der Waals surface area contributed by atoms with Crippen LogP contribution in [0.4, 0.5) is 0 Å². The molecule has 0 saturated carbocycles. The van der Waals surface area contributed by atoms with Gasteiger partial charge < -0.3 is 0 Å². The molecule has 1 unspecified atom stereocenters. The Balaban J connectivity index is 3.18. The highest BCUT2D eigenvalue weighted by molar-refractivity contribution is 7.90. The molecule has 1 rings (SSSR count). The van der Waals surface area contributed by atoms with E-state index in [9.17, 15) is 8.42 Å². The van der Waals surface area contributed by atoms with Gasteiger partial charge in [-0.05, 0) is 33.3 Å². The summed E-state index contributed by atoms with van der Waals surface area (Å²) in [6, 6.07) is 9.41. The molecule has 0 amide bonds. The zero-order chi connectivity index (χ0) is 14.0. The lowest BCUT2D eigenvalue weighted by Gasteiger charge is -2.31. The van der Waals surface area contributed by atoms with Gasteiger partial charge in [-0.15, -0.1) is 6.58 Å². The van der Waals surface area contributed by atoms with Crippen LogP contribution in [0.5, 0.6) is 0 Å². The van der Waals surface area contributed by atoms with Crippen LogP contribution in [0.1, 0.15) is 33.3 Å². The first kappa shape index (κ1) is 14.9. The average Bonchev–Trinajstić information content (AvgIpc) is 2.28. The van der Waals surface area contributed by atoms with Crippen LogP contribution >= 0.6 is 0 Å². The molecule has 0 bridgehead atoms. The molecular weight excluding hydrogens is 246 g/mol. The highest BCUT2D eigenvalue weighted by Gasteiger charge is 2.36. The summed E-state index contributed by atoms with van der Waals surface area (Å²) in [5.41, 5.74) is 0.0701. The van der Waals surface area contributed by atoms with E-state index in [-0.39, 0.29) is 0 Å². The van der Waals surface area contributed by atoms with E-state index in [1.807, 2.05) is 30.3 Å². The molecule has 0 fully saturated rings. The normalized spacial score (nSPS) is 16.0. The average molecular weight is 267 g/mol. The fraction of sp³-hybridized carbons (Fsp3) is 0.429. The molecule has 0 saturated heterocycles. The molecule has 1 atom stereocenters. The number of hydrogen-bond acceptors (Lipinski definition) is 2. The van der Waals surface area contributed by atoms with E-state index in [2.05, 4.69) is 11.3 Å². The maximum absolute atomic E-state index is 12.2. The van der Waals surface area contributed by atoms with Gasteiger partial charge in [-0.25, -0.2) is 13.1 Å². The van der Waals surface area contributed by atoms with Gasteiger partial charge in [0.2, 0.25) is 10.0 Å². The van der Waals surface area contributed by atoms with Gasteiger partial charge >= 0.3 is 0 Å². The topological polar surface area (TPSA) is 46.2 Å². The van der Waals surface area contributed by atoms with E-state index < -0.39 is 20.3 Å². The van der Waals surface area contributed by atoms with E-state index in [4.69, 9.17) is 0 Å². The van der Waals surface area contributed by atoms with Crippen LogP contribution in [0, 0.1) is 0 Å². The van der Waals surface area contributed by atoms with Crippen molar-refractivity contribution >= 4 is 10.0 Å². The van der Waals surface area contributed by atoms with Crippen molar-refractivity contribution in [2.45, 2.75) is 38.0 Å². The quantitative estimate of drug-likeness (QED) is 0.853. The Labute approximate surface area is 110 Å². The summed E-state index contributed by atoms with van der Waals surface area (Å²) in [5, 5.41) is 0. The van der Waals surface area contributed by atoms with Crippen LogP contribution in [-0.2, 0) is 15.6 Å². The van der Waals surface area contributed by atoms with Crippen molar-refractivity contribution in [3.63, 3.8) is 0 Å². The summed E-state index contributed by atoms with van der Waals surface area (Å²) in [4.78, 5) is 0. The van der Waals surface area contributed by atoms with Crippen LogP contribution in [0.3, 0.4) is 0 Å². The molecule has 1 N–H and O–H groups in total. The molecule has 0 aliphatic rings. The Kier molecular flexibility index (Phi) is 4.03. The van der Waals surface area contributed by atoms with Crippen LogP contribution in [0.15, 0.2) is 43.0 Å². The molecule has 18 heavy (non-hydrogen) atoms. The number of nitrogens with one attached hydrogen (secondary N) is 1. The van der Waals surface area contributed by atoms with Gasteiger partial charge in [0.05, 0.1) is 10.3 Å². The fourth-order valence-electron chi connectivity index (χ4n) is 1.44. The minimum absolute atomic E-state index is 0.798. The van der Waals surface area contributed by atoms with Gasteiger partial charge in [0.25, 0.3) is 0 Å². The number of sulfonamides is 1. The summed E-state index contributed by atoms with van der Waals surface area (Å²) in [6.45, 7) is 10.6. The highest BCUT2D eigenvalue weighted by Crippen LogP contribution is 2.26. The second-order valence-corrected chi connectivity index (χ2v) is 7.93. The third-order valence-corrected chi connectivity index (χ3v) is 5.24. The van der Waals surface area contributed by atoms with E-state index >= 15 is 0 Å². The highest BCUT2D eigenvalue weighted by atomic mass is 32.2. The zero-order valence-electron chi connectivity index (χ0n) is 11.4. The fourth-order valence-corrected chi connectivity index (χ4v) is 2.50. The van der Waals surface area contributed by atoms with Crippen LogP contribution in [-0.4, -0.2) is 13.2 Å². The zero-order valence-corrected chi connectivity index (χ0v) is 12.2. The second-order valence-electron chi connectivity index (χ2n) is 5.49. The molecule has 0 radical (unpaired) electrons. The van der Waals surface area contributed by atoms with E-state index in [0.717, 1.165) is 5.56 Å². The Hall–Kier alpha value is -1.13. The summed E-state index contributed by atoms with van der Waals surface area (Å²) < 4.78 is 26.4. The largest absolute Gasteiger partial charge is 0.217 e. The molecule has 4 heteroatoms. The van der Waals surface area contributed by atoms with E-state index in [1.165, 1.54) is 0 Å². The van der Waals surface area contributed by atoms with Crippen molar-refractivity contribution in [3.8, 4) is 0 Å². The minimum Gasteiger partial charge on any atom is -0.212 e. The lowest BCUT2D eigenvalue weighted by molar-refractivity contribution is 0.493. The molecule has 0 aromatic heterocycles. The Bertz CT molecular complexity index is 514. The molecule has 0 aliphatic heterocycles. The van der Waals surface area contributed by atoms with Crippen molar-refractivity contribution in [2.24, 2.45) is 0 Å². The standard InChI is InChI=1S/C14H21NO2S/c1-6-14(5,12-10-8-7-9-11-12)15-18(16,17)13(2,3)4/h6-11,15H,1H2,2-5H3. The molecule has 0 aliphatic carbocycles. The van der Waals surface area contributed by atoms with Gasteiger partial charge in [0.15, 0.2) is 0 Å². The van der Waals surface area contributed by atoms with Crippen molar-refractivity contribution in [3.05, 3.63) is 48.6 Å². The van der Waals surface area contributed by atoms with Crippen LogP contribution in [0.25, 0.3) is 0 Å². The number of hydrogen-bond donors (Lipinski definition) is 1. The van der Waals surface area contributed by atoms with Crippen molar-refractivity contribution < 1.29 is 8.42 Å². The molecular formula is C14H21NO2S. The minimum atomic E-state index is -3.44. The maximum Gasteiger partial charge on any atom is 0.217 e. The van der Waals surface area contributed by atoms with Gasteiger partial charge in [-0.1, -0.05) is 36.4 Å². The van der Waals surface area contributed by atoms with Gasteiger partial charge in [0, 0.05) is 0 Å². The molecule has 100 valence electrons. The van der Waals surface area contributed by atoms with Gasteiger partial charge in [-0.3, -0.25) is 0 Å². The SMILES string of the molecule is C=CC(C)(NS(=O)(=O)C(C)(C)C)c1ccccc1. The van der Waals surface area contributed by atoms with E-state index in [1.54, 1.807) is 33.8 Å². The summed E-state index contributed by atoms with van der Waals surface area (Å²) in [7, 11) is -3.44. The Morgan fingerprint density at radius 1 is 1.11 bits per heavy atom. The predicted molar refractivity (Wildman–Crippen MR) is 75.8 cm³/mol. The molecule has 0 heterocycles.